The molecule has 0 radical (unpaired) electrons. The van der Waals surface area contributed by atoms with E-state index in [0.717, 1.165) is 0 Å². The predicted molar refractivity (Wildman–Crippen MR) is 121 cm³/mol. The van der Waals surface area contributed by atoms with Gasteiger partial charge >= 0.3 is 5.97 Å². The van der Waals surface area contributed by atoms with Gasteiger partial charge in [-0.1, -0.05) is 23.2 Å². The van der Waals surface area contributed by atoms with E-state index in [0.29, 0.717) is 26.9 Å². The normalized spacial score (nSPS) is 11.1. The number of aromatic nitrogens is 2. The van der Waals surface area contributed by atoms with Crippen molar-refractivity contribution in [2.45, 2.75) is 26.8 Å². The monoisotopic (exact) mass is 513 g/mol. The number of rotatable bonds is 6. The average Bonchev–Trinajstić information content (AvgIpc) is 3.03. The van der Waals surface area contributed by atoms with Gasteiger partial charge in [0, 0.05) is 22.4 Å². The van der Waals surface area contributed by atoms with Crippen LogP contribution in [0.3, 0.4) is 0 Å². The van der Waals surface area contributed by atoms with Crippen LogP contribution in [-0.4, -0.2) is 22.1 Å². The maximum atomic E-state index is 13.9. The zero-order chi connectivity index (χ0) is 22.0. The van der Waals surface area contributed by atoms with Crippen molar-refractivity contribution in [1.29, 1.82) is 0 Å². The van der Waals surface area contributed by atoms with Gasteiger partial charge in [0.05, 0.1) is 11.6 Å². The number of nitrogens with zero attached hydrogens (tertiary/aromatic N) is 3. The standard InChI is InChI=1S/C21H19BrCl2FN3O2/c1-4-30-20(29)18-19(27(12(2)3)21(22)26-18)28(14-7-5-13(23)6-8-14)15-9-10-17(25)16(24)11-15/h5-12H,4H2,1-3H3. The van der Waals surface area contributed by atoms with Crippen molar-refractivity contribution in [3.8, 4) is 0 Å². The second-order valence-electron chi connectivity index (χ2n) is 6.65. The van der Waals surface area contributed by atoms with E-state index >= 15 is 0 Å². The maximum Gasteiger partial charge on any atom is 0.360 e. The average molecular weight is 515 g/mol. The van der Waals surface area contributed by atoms with Gasteiger partial charge in [0.2, 0.25) is 0 Å². The van der Waals surface area contributed by atoms with Crippen LogP contribution in [-0.2, 0) is 4.74 Å². The number of esters is 1. The van der Waals surface area contributed by atoms with Gasteiger partial charge in [0.25, 0.3) is 0 Å². The second kappa shape index (κ2) is 9.37. The molecule has 158 valence electrons. The van der Waals surface area contributed by atoms with Gasteiger partial charge in [-0.05, 0) is 79.2 Å². The Hall–Kier alpha value is -2.09. The molecule has 5 nitrogen and oxygen atoms in total. The summed E-state index contributed by atoms with van der Waals surface area (Å²) >= 11 is 15.6. The second-order valence-corrected chi connectivity index (χ2v) is 8.20. The number of benzene rings is 2. The largest absolute Gasteiger partial charge is 0.461 e. The van der Waals surface area contributed by atoms with Gasteiger partial charge in [-0.2, -0.15) is 0 Å². The third kappa shape index (κ3) is 4.48. The molecule has 0 bridgehead atoms. The fourth-order valence-corrected chi connectivity index (χ4v) is 4.07. The van der Waals surface area contributed by atoms with E-state index in [-0.39, 0.29) is 23.4 Å². The highest BCUT2D eigenvalue weighted by Crippen LogP contribution is 2.41. The lowest BCUT2D eigenvalue weighted by atomic mass is 10.2. The molecule has 3 aromatic rings. The van der Waals surface area contributed by atoms with E-state index in [1.165, 1.54) is 12.1 Å². The highest BCUT2D eigenvalue weighted by molar-refractivity contribution is 9.10. The van der Waals surface area contributed by atoms with Gasteiger partial charge in [0.15, 0.2) is 16.2 Å². The van der Waals surface area contributed by atoms with E-state index in [1.54, 1.807) is 42.2 Å². The first-order valence-electron chi connectivity index (χ1n) is 9.20. The Morgan fingerprint density at radius 1 is 1.20 bits per heavy atom. The van der Waals surface area contributed by atoms with Crippen LogP contribution in [0.15, 0.2) is 47.2 Å². The van der Waals surface area contributed by atoms with Crippen molar-refractivity contribution in [3.63, 3.8) is 0 Å². The molecule has 0 spiro atoms. The first-order valence-corrected chi connectivity index (χ1v) is 10.7. The molecule has 2 aromatic carbocycles. The third-order valence-corrected chi connectivity index (χ3v) is 5.39. The van der Waals surface area contributed by atoms with E-state index in [2.05, 4.69) is 20.9 Å². The summed E-state index contributed by atoms with van der Waals surface area (Å²) in [6, 6.07) is 11.3. The maximum absolute atomic E-state index is 13.9. The van der Waals surface area contributed by atoms with Gasteiger partial charge in [-0.15, -0.1) is 0 Å². The smallest absolute Gasteiger partial charge is 0.360 e. The SMILES string of the molecule is CCOC(=O)c1nc(Br)n(C(C)C)c1N(c1ccc(Cl)cc1)c1ccc(F)c(Cl)c1. The molecule has 0 aliphatic rings. The third-order valence-electron chi connectivity index (χ3n) is 4.29. The number of carbonyl (C=O) groups excluding carboxylic acids is 1. The number of carbonyl (C=O) groups is 1. The quantitative estimate of drug-likeness (QED) is 0.323. The Labute approximate surface area is 192 Å². The van der Waals surface area contributed by atoms with Crippen LogP contribution in [0, 0.1) is 5.82 Å². The molecule has 0 amide bonds. The zero-order valence-corrected chi connectivity index (χ0v) is 19.6. The Kier molecular flexibility index (Phi) is 7.06. The molecule has 0 saturated heterocycles. The van der Waals surface area contributed by atoms with Crippen molar-refractivity contribution in [3.05, 3.63) is 68.8 Å². The fourth-order valence-electron chi connectivity index (χ4n) is 3.01. The van der Waals surface area contributed by atoms with E-state index in [9.17, 15) is 9.18 Å². The molecule has 0 unspecified atom stereocenters. The number of hydrogen-bond donors (Lipinski definition) is 0. The molecule has 0 fully saturated rings. The van der Waals surface area contributed by atoms with Crippen molar-refractivity contribution in [1.82, 2.24) is 9.55 Å². The minimum absolute atomic E-state index is 0.0428. The van der Waals surface area contributed by atoms with Crippen molar-refractivity contribution in [2.24, 2.45) is 0 Å². The highest BCUT2D eigenvalue weighted by Gasteiger charge is 2.30. The molecule has 9 heteroatoms. The summed E-state index contributed by atoms with van der Waals surface area (Å²) in [5.41, 5.74) is 1.35. The predicted octanol–water partition coefficient (Wildman–Crippen LogP) is 7.32. The summed E-state index contributed by atoms with van der Waals surface area (Å²) < 4.78 is 21.4. The van der Waals surface area contributed by atoms with E-state index in [4.69, 9.17) is 27.9 Å². The summed E-state index contributed by atoms with van der Waals surface area (Å²) in [6.07, 6.45) is 0. The number of anilines is 3. The summed E-state index contributed by atoms with van der Waals surface area (Å²) in [7, 11) is 0. The van der Waals surface area contributed by atoms with Crippen LogP contribution in [0.25, 0.3) is 0 Å². The number of hydrogen-bond acceptors (Lipinski definition) is 4. The molecule has 30 heavy (non-hydrogen) atoms. The Morgan fingerprint density at radius 2 is 1.83 bits per heavy atom. The molecule has 0 saturated carbocycles. The topological polar surface area (TPSA) is 47.4 Å². The molecule has 3 rings (SSSR count). The van der Waals surface area contributed by atoms with Crippen LogP contribution in [0.2, 0.25) is 10.0 Å². The van der Waals surface area contributed by atoms with Gasteiger partial charge in [-0.25, -0.2) is 14.2 Å². The van der Waals surface area contributed by atoms with Gasteiger partial charge < -0.3 is 9.30 Å². The highest BCUT2D eigenvalue weighted by atomic mass is 79.9. The van der Waals surface area contributed by atoms with E-state index < -0.39 is 11.8 Å². The summed E-state index contributed by atoms with van der Waals surface area (Å²) in [4.78, 5) is 18.9. The van der Waals surface area contributed by atoms with Crippen molar-refractivity contribution >= 4 is 62.3 Å². The van der Waals surface area contributed by atoms with Crippen LogP contribution >= 0.6 is 39.1 Å². The van der Waals surface area contributed by atoms with Crippen molar-refractivity contribution in [2.75, 3.05) is 11.5 Å². The van der Waals surface area contributed by atoms with Crippen molar-refractivity contribution < 1.29 is 13.9 Å². The molecule has 1 heterocycles. The lowest BCUT2D eigenvalue weighted by Gasteiger charge is -2.28. The molecular formula is C21H19BrCl2FN3O2. The lowest BCUT2D eigenvalue weighted by Crippen LogP contribution is -2.19. The molecule has 1 aromatic heterocycles. The first-order chi connectivity index (χ1) is 14.2. The Bertz CT molecular complexity index is 1070. The van der Waals surface area contributed by atoms with Crippen LogP contribution < -0.4 is 4.90 Å². The van der Waals surface area contributed by atoms with Crippen LogP contribution in [0.5, 0.6) is 0 Å². The molecular weight excluding hydrogens is 496 g/mol. The minimum atomic E-state index is -0.570. The molecule has 0 atom stereocenters. The molecule has 0 aliphatic carbocycles. The number of imidazole rings is 1. The van der Waals surface area contributed by atoms with Gasteiger partial charge in [0.1, 0.15) is 5.82 Å². The summed E-state index contributed by atoms with van der Waals surface area (Å²) in [6.45, 7) is 5.85. The zero-order valence-electron chi connectivity index (χ0n) is 16.5. The first kappa shape index (κ1) is 22.6. The molecule has 0 N–H and O–H groups in total. The van der Waals surface area contributed by atoms with Crippen LogP contribution in [0.1, 0.15) is 37.3 Å². The summed E-state index contributed by atoms with van der Waals surface area (Å²) in [5.74, 6) is -0.652. The van der Waals surface area contributed by atoms with Crippen LogP contribution in [0.4, 0.5) is 21.6 Å². The summed E-state index contributed by atoms with van der Waals surface area (Å²) in [5, 5.41) is 0.513. The Balaban J connectivity index is 2.34. The lowest BCUT2D eigenvalue weighted by molar-refractivity contribution is 0.0521. The van der Waals surface area contributed by atoms with Gasteiger partial charge in [-0.3, -0.25) is 4.90 Å². The number of ether oxygens (including phenoxy) is 1. The Morgan fingerprint density at radius 3 is 2.40 bits per heavy atom. The fraction of sp³-hybridized carbons (Fsp3) is 0.238. The van der Waals surface area contributed by atoms with E-state index in [1.807, 2.05) is 18.4 Å². The number of halogens is 4. The molecule has 0 aliphatic heterocycles. The minimum Gasteiger partial charge on any atom is -0.461 e.